The molecule has 2 saturated carbocycles. The Kier molecular flexibility index (Phi) is 8.32. The molecule has 4 atom stereocenters. The van der Waals surface area contributed by atoms with Crippen LogP contribution in [0.15, 0.2) is 65.4 Å². The number of aromatic amines is 1. The average Bonchev–Trinajstić information content (AvgIpc) is 3.58. The molecule has 0 unspecified atom stereocenters. The lowest BCUT2D eigenvalue weighted by Crippen LogP contribution is -2.41. The fourth-order valence-electron chi connectivity index (χ4n) is 5.58. The zero-order chi connectivity index (χ0) is 26.5. The summed E-state index contributed by atoms with van der Waals surface area (Å²) in [7, 11) is 0. The number of amidine groups is 1. The number of allylic oxidation sites excluding steroid dienone is 3. The van der Waals surface area contributed by atoms with Gasteiger partial charge in [0.05, 0.1) is 11.1 Å². The first-order valence-corrected chi connectivity index (χ1v) is 14.1. The van der Waals surface area contributed by atoms with Crippen molar-refractivity contribution in [3.05, 3.63) is 66.0 Å². The van der Waals surface area contributed by atoms with Gasteiger partial charge in [0.15, 0.2) is 0 Å². The van der Waals surface area contributed by atoms with Crippen LogP contribution in [0.3, 0.4) is 0 Å². The Labute approximate surface area is 228 Å². The summed E-state index contributed by atoms with van der Waals surface area (Å²) >= 11 is 6.79. The van der Waals surface area contributed by atoms with Gasteiger partial charge in [-0.2, -0.15) is 0 Å². The topological polar surface area (TPSA) is 98.4 Å². The van der Waals surface area contributed by atoms with E-state index in [2.05, 4.69) is 45.7 Å². The van der Waals surface area contributed by atoms with E-state index in [9.17, 15) is 9.59 Å². The molecule has 1 aromatic heterocycles. The monoisotopic (exact) mass is 533 g/mol. The lowest BCUT2D eigenvalue weighted by molar-refractivity contribution is -0.123. The summed E-state index contributed by atoms with van der Waals surface area (Å²) in [6.07, 6.45) is 14.8. The summed E-state index contributed by atoms with van der Waals surface area (Å²) in [4.78, 5) is 32.5. The molecule has 5 rings (SSSR count). The normalized spacial score (nSPS) is 29.4. The highest BCUT2D eigenvalue weighted by Crippen LogP contribution is 2.38. The minimum atomic E-state index is -0.190. The molecule has 2 heterocycles. The minimum Gasteiger partial charge on any atom is -0.361 e. The molecule has 8 heteroatoms. The molecule has 2 fully saturated rings. The Hall–Kier alpha value is -3.32. The number of amides is 2. The molecule has 4 N–H and O–H groups in total. The van der Waals surface area contributed by atoms with E-state index in [1.807, 2.05) is 24.5 Å². The van der Waals surface area contributed by atoms with Crippen LogP contribution < -0.4 is 16.0 Å². The fourth-order valence-corrected chi connectivity index (χ4v) is 5.82. The third-order valence-electron chi connectivity index (χ3n) is 7.78. The van der Waals surface area contributed by atoms with Crippen LogP contribution in [0.2, 0.25) is 0 Å². The molecule has 3 aliphatic rings. The number of para-hydroxylation sites is 1. The van der Waals surface area contributed by atoms with Crippen molar-refractivity contribution >= 4 is 45.7 Å². The molecule has 0 saturated heterocycles. The number of aliphatic imine (C=N–C) groups is 1. The number of H-pyrrole nitrogens is 1. The van der Waals surface area contributed by atoms with Crippen LogP contribution in [-0.2, 0) is 9.59 Å². The van der Waals surface area contributed by atoms with Gasteiger partial charge in [-0.15, -0.1) is 0 Å². The minimum absolute atomic E-state index is 0.00560. The van der Waals surface area contributed by atoms with Crippen LogP contribution >= 0.6 is 11.6 Å². The van der Waals surface area contributed by atoms with E-state index < -0.39 is 0 Å². The average molecular weight is 534 g/mol. The summed E-state index contributed by atoms with van der Waals surface area (Å²) in [6.45, 7) is 3.99. The molecule has 7 nitrogen and oxygen atoms in total. The number of halogens is 1. The van der Waals surface area contributed by atoms with Gasteiger partial charge in [-0.25, -0.2) is 0 Å². The van der Waals surface area contributed by atoms with Crippen molar-refractivity contribution in [2.24, 2.45) is 16.8 Å². The lowest BCUT2D eigenvalue weighted by atomic mass is 9.91. The van der Waals surface area contributed by atoms with Crippen LogP contribution in [0.1, 0.15) is 56.9 Å². The summed E-state index contributed by atoms with van der Waals surface area (Å²) in [5, 5.41) is 11.3. The number of hydrogen-bond acceptors (Lipinski definition) is 3. The SMILES string of the molecule is C=CC(=O)NC[C@H]1C[C@@H]1C(=O)N[C@H]1CCC[C@@H](N=C2CCC/C=C(c3c[nH]c4ccccc34)\C(Cl)=C/N2)C1. The molecule has 0 bridgehead atoms. The maximum absolute atomic E-state index is 12.7. The Morgan fingerprint density at radius 3 is 2.92 bits per heavy atom. The highest BCUT2D eigenvalue weighted by molar-refractivity contribution is 6.37. The van der Waals surface area contributed by atoms with Gasteiger partial charge in [-0.1, -0.05) is 42.5 Å². The zero-order valence-electron chi connectivity index (χ0n) is 21.6. The van der Waals surface area contributed by atoms with Crippen molar-refractivity contribution in [3.63, 3.8) is 0 Å². The quantitative estimate of drug-likeness (QED) is 0.369. The highest BCUT2D eigenvalue weighted by atomic mass is 35.5. The number of aromatic nitrogens is 1. The van der Waals surface area contributed by atoms with E-state index in [0.29, 0.717) is 11.6 Å². The number of fused-ring (bicyclic) bond motifs is 1. The molecule has 38 heavy (non-hydrogen) atoms. The van der Waals surface area contributed by atoms with Gasteiger partial charge in [0.2, 0.25) is 11.8 Å². The third-order valence-corrected chi connectivity index (χ3v) is 8.10. The number of benzene rings is 1. The van der Waals surface area contributed by atoms with Gasteiger partial charge in [0.1, 0.15) is 5.84 Å². The van der Waals surface area contributed by atoms with E-state index in [-0.39, 0.29) is 35.7 Å². The van der Waals surface area contributed by atoms with Crippen LogP contribution in [-0.4, -0.2) is 41.3 Å². The molecule has 1 aromatic carbocycles. The molecular formula is C30H36ClN5O2. The van der Waals surface area contributed by atoms with E-state index >= 15 is 0 Å². The van der Waals surface area contributed by atoms with Gasteiger partial charge < -0.3 is 20.9 Å². The first kappa shape index (κ1) is 26.3. The number of nitrogens with zero attached hydrogens (tertiary/aromatic N) is 1. The summed E-state index contributed by atoms with van der Waals surface area (Å²) in [5.41, 5.74) is 3.23. The first-order chi connectivity index (χ1) is 18.5. The molecule has 2 amide bonds. The number of carbonyl (C=O) groups excluding carboxylic acids is 2. The van der Waals surface area contributed by atoms with Crippen molar-refractivity contribution < 1.29 is 9.59 Å². The summed E-state index contributed by atoms with van der Waals surface area (Å²) in [6, 6.07) is 8.57. The Balaban J connectivity index is 1.18. The van der Waals surface area contributed by atoms with Crippen molar-refractivity contribution in [1.82, 2.24) is 20.9 Å². The van der Waals surface area contributed by atoms with E-state index in [1.54, 1.807) is 0 Å². The van der Waals surface area contributed by atoms with Crippen molar-refractivity contribution in [2.45, 2.75) is 63.5 Å². The predicted molar refractivity (Wildman–Crippen MR) is 154 cm³/mol. The molecule has 2 aromatic rings. The molecular weight excluding hydrogens is 498 g/mol. The van der Waals surface area contributed by atoms with Gasteiger partial charge in [0.25, 0.3) is 0 Å². The Morgan fingerprint density at radius 1 is 1.18 bits per heavy atom. The number of nitrogens with one attached hydrogen (secondary N) is 4. The second-order valence-electron chi connectivity index (χ2n) is 10.5. The third kappa shape index (κ3) is 6.38. The van der Waals surface area contributed by atoms with Gasteiger partial charge in [0, 0.05) is 53.8 Å². The number of rotatable bonds is 7. The second-order valence-corrected chi connectivity index (χ2v) is 11.0. The molecule has 1 aliphatic heterocycles. The Bertz CT molecular complexity index is 1290. The van der Waals surface area contributed by atoms with Crippen molar-refractivity contribution in [1.29, 1.82) is 0 Å². The largest absolute Gasteiger partial charge is 0.361 e. The second kappa shape index (κ2) is 12.0. The first-order valence-electron chi connectivity index (χ1n) is 13.7. The number of hydrogen-bond donors (Lipinski definition) is 4. The van der Waals surface area contributed by atoms with Crippen molar-refractivity contribution in [2.75, 3.05) is 6.54 Å². The van der Waals surface area contributed by atoms with Crippen LogP contribution in [0.5, 0.6) is 0 Å². The van der Waals surface area contributed by atoms with E-state index in [1.165, 1.54) is 6.08 Å². The predicted octanol–water partition coefficient (Wildman–Crippen LogP) is 5.17. The summed E-state index contributed by atoms with van der Waals surface area (Å²) < 4.78 is 0. The Morgan fingerprint density at radius 2 is 2.05 bits per heavy atom. The van der Waals surface area contributed by atoms with Gasteiger partial charge in [-0.3, -0.25) is 14.6 Å². The van der Waals surface area contributed by atoms with Crippen LogP contribution in [0, 0.1) is 11.8 Å². The molecule has 200 valence electrons. The molecule has 0 radical (unpaired) electrons. The van der Waals surface area contributed by atoms with Crippen LogP contribution in [0.4, 0.5) is 0 Å². The van der Waals surface area contributed by atoms with Gasteiger partial charge in [-0.05, 0) is 68.6 Å². The fraction of sp³-hybridized carbons (Fsp3) is 0.433. The molecule has 0 spiro atoms. The summed E-state index contributed by atoms with van der Waals surface area (Å²) in [5.74, 6) is 1.08. The number of carbonyl (C=O) groups is 2. The van der Waals surface area contributed by atoms with Gasteiger partial charge >= 0.3 is 0 Å². The maximum atomic E-state index is 12.7. The van der Waals surface area contributed by atoms with E-state index in [0.717, 1.165) is 79.2 Å². The van der Waals surface area contributed by atoms with Crippen molar-refractivity contribution in [3.8, 4) is 0 Å². The zero-order valence-corrected chi connectivity index (χ0v) is 22.4. The molecule has 2 aliphatic carbocycles. The maximum Gasteiger partial charge on any atom is 0.243 e. The van der Waals surface area contributed by atoms with E-state index in [4.69, 9.17) is 16.6 Å². The highest BCUT2D eigenvalue weighted by Gasteiger charge is 2.43. The van der Waals surface area contributed by atoms with Crippen LogP contribution in [0.25, 0.3) is 16.5 Å². The smallest absolute Gasteiger partial charge is 0.243 e. The standard InChI is InChI=1S/C30H36ClN5O2/c1-2-29(37)34-16-19-14-24(19)30(38)36-21-9-7-8-20(15-21)35-28-13-6-4-10-22(26(31)18-33-28)25-17-32-27-12-5-3-11-23(25)27/h2-3,5,10-12,17-21,24,32H,1,4,6-9,13-16H2,(H,33,35)(H,34,37)(H,36,38)/b22-10-,26-18+/t19-,20-,21+,24+/m1/s1. The lowest BCUT2D eigenvalue weighted by Gasteiger charge is -2.28.